The second-order valence-electron chi connectivity index (χ2n) is 4.60. The zero-order chi connectivity index (χ0) is 12.4. The Kier molecular flexibility index (Phi) is 3.33. The molecule has 4 nitrogen and oxygen atoms in total. The quantitative estimate of drug-likeness (QED) is 0.847. The van der Waals surface area contributed by atoms with Crippen LogP contribution < -0.4 is 10.5 Å². The molecule has 1 aromatic rings. The molecule has 2 atom stereocenters. The van der Waals surface area contributed by atoms with Crippen molar-refractivity contribution >= 4 is 5.91 Å². The first-order valence-corrected chi connectivity index (χ1v) is 5.82. The number of rotatable bonds is 3. The molecule has 2 unspecified atom stereocenters. The molecule has 1 amide bonds. The smallest absolute Gasteiger partial charge is 0.233 e. The van der Waals surface area contributed by atoms with Crippen LogP contribution in [0.25, 0.3) is 0 Å². The Balaban J connectivity index is 2.12. The van der Waals surface area contributed by atoms with E-state index < -0.39 is 0 Å². The van der Waals surface area contributed by atoms with Crippen molar-refractivity contribution in [2.45, 2.75) is 18.9 Å². The van der Waals surface area contributed by atoms with Gasteiger partial charge in [0.25, 0.3) is 0 Å². The fraction of sp³-hybridized carbons (Fsp3) is 0.462. The molecule has 2 rings (SSSR count). The van der Waals surface area contributed by atoms with Crippen molar-refractivity contribution in [3.8, 4) is 5.75 Å². The standard InChI is InChI=1S/C13H18N2O2/c1-9(14)7-15(2)13(16)11-8-17-12-6-4-3-5-10(11)12/h3-6,9,11H,7-8,14H2,1-2H3. The molecule has 92 valence electrons. The summed E-state index contributed by atoms with van der Waals surface area (Å²) in [4.78, 5) is 13.9. The Morgan fingerprint density at radius 1 is 1.59 bits per heavy atom. The molecule has 1 aliphatic rings. The van der Waals surface area contributed by atoms with Gasteiger partial charge >= 0.3 is 0 Å². The molecular formula is C13H18N2O2. The van der Waals surface area contributed by atoms with Gasteiger partial charge in [-0.1, -0.05) is 18.2 Å². The topological polar surface area (TPSA) is 55.6 Å². The minimum Gasteiger partial charge on any atom is -0.492 e. The highest BCUT2D eigenvalue weighted by atomic mass is 16.5. The molecular weight excluding hydrogens is 216 g/mol. The number of likely N-dealkylation sites (N-methyl/N-ethyl adjacent to an activating group) is 1. The van der Waals surface area contributed by atoms with E-state index in [1.54, 1.807) is 11.9 Å². The van der Waals surface area contributed by atoms with Crippen LogP contribution in [0.1, 0.15) is 18.4 Å². The Morgan fingerprint density at radius 2 is 2.29 bits per heavy atom. The lowest BCUT2D eigenvalue weighted by Gasteiger charge is -2.22. The van der Waals surface area contributed by atoms with Crippen LogP contribution in [0.5, 0.6) is 5.75 Å². The first kappa shape index (κ1) is 11.9. The summed E-state index contributed by atoms with van der Waals surface area (Å²) in [6, 6.07) is 7.68. The van der Waals surface area contributed by atoms with Gasteiger partial charge in [-0.15, -0.1) is 0 Å². The van der Waals surface area contributed by atoms with Crippen molar-refractivity contribution in [3.05, 3.63) is 29.8 Å². The monoisotopic (exact) mass is 234 g/mol. The fourth-order valence-electron chi connectivity index (χ4n) is 2.16. The summed E-state index contributed by atoms with van der Waals surface area (Å²) in [5, 5.41) is 0. The number of amides is 1. The average molecular weight is 234 g/mol. The number of ether oxygens (including phenoxy) is 1. The molecule has 0 aromatic heterocycles. The lowest BCUT2D eigenvalue weighted by molar-refractivity contribution is -0.131. The highest BCUT2D eigenvalue weighted by Crippen LogP contribution is 2.34. The Labute approximate surface area is 101 Å². The molecule has 1 aliphatic heterocycles. The number of carbonyl (C=O) groups excluding carboxylic acids is 1. The van der Waals surface area contributed by atoms with Crippen LogP contribution in [-0.2, 0) is 4.79 Å². The van der Waals surface area contributed by atoms with Crippen molar-refractivity contribution in [2.24, 2.45) is 5.73 Å². The van der Waals surface area contributed by atoms with Crippen LogP contribution >= 0.6 is 0 Å². The van der Waals surface area contributed by atoms with Crippen LogP contribution in [0, 0.1) is 0 Å². The van der Waals surface area contributed by atoms with Crippen molar-refractivity contribution in [2.75, 3.05) is 20.2 Å². The molecule has 1 aromatic carbocycles. The van der Waals surface area contributed by atoms with E-state index in [0.717, 1.165) is 11.3 Å². The summed E-state index contributed by atoms with van der Waals surface area (Å²) in [6.07, 6.45) is 0. The first-order valence-electron chi connectivity index (χ1n) is 5.82. The molecule has 0 saturated heterocycles. The number of carbonyl (C=O) groups is 1. The molecule has 0 bridgehead atoms. The summed E-state index contributed by atoms with van der Waals surface area (Å²) >= 11 is 0. The number of nitrogens with zero attached hydrogens (tertiary/aromatic N) is 1. The normalized spacial score (nSPS) is 19.4. The highest BCUT2D eigenvalue weighted by Gasteiger charge is 2.31. The second-order valence-corrected chi connectivity index (χ2v) is 4.60. The zero-order valence-electron chi connectivity index (χ0n) is 10.2. The third-order valence-electron chi connectivity index (χ3n) is 2.94. The molecule has 0 aliphatic carbocycles. The van der Waals surface area contributed by atoms with Gasteiger partial charge in [-0.3, -0.25) is 4.79 Å². The number of hydrogen-bond donors (Lipinski definition) is 1. The summed E-state index contributed by atoms with van der Waals surface area (Å²) < 4.78 is 5.51. The van der Waals surface area contributed by atoms with E-state index in [9.17, 15) is 4.79 Å². The fourth-order valence-corrected chi connectivity index (χ4v) is 2.16. The molecule has 1 heterocycles. The van der Waals surface area contributed by atoms with Crippen LogP contribution in [0.15, 0.2) is 24.3 Å². The lowest BCUT2D eigenvalue weighted by atomic mass is 10.00. The van der Waals surface area contributed by atoms with E-state index in [1.807, 2.05) is 31.2 Å². The van der Waals surface area contributed by atoms with Crippen LogP contribution in [-0.4, -0.2) is 37.0 Å². The Morgan fingerprint density at radius 3 is 3.00 bits per heavy atom. The molecule has 4 heteroatoms. The molecule has 0 spiro atoms. The minimum absolute atomic E-state index is 0.0125. The lowest BCUT2D eigenvalue weighted by Crippen LogP contribution is -2.39. The molecule has 2 N–H and O–H groups in total. The summed E-state index contributed by atoms with van der Waals surface area (Å²) in [7, 11) is 1.78. The van der Waals surface area contributed by atoms with Gasteiger partial charge in [-0.2, -0.15) is 0 Å². The summed E-state index contributed by atoms with van der Waals surface area (Å²) in [6.45, 7) is 2.89. The summed E-state index contributed by atoms with van der Waals surface area (Å²) in [5.74, 6) is 0.710. The van der Waals surface area contributed by atoms with Gasteiger partial charge in [0.1, 0.15) is 18.3 Å². The van der Waals surface area contributed by atoms with E-state index in [-0.39, 0.29) is 17.9 Å². The van der Waals surface area contributed by atoms with E-state index in [2.05, 4.69) is 0 Å². The van der Waals surface area contributed by atoms with Gasteiger partial charge in [0, 0.05) is 25.2 Å². The van der Waals surface area contributed by atoms with Crippen molar-refractivity contribution in [1.29, 1.82) is 0 Å². The molecule has 0 radical (unpaired) electrons. The van der Waals surface area contributed by atoms with E-state index in [4.69, 9.17) is 10.5 Å². The van der Waals surface area contributed by atoms with E-state index in [0.29, 0.717) is 13.2 Å². The molecule has 0 saturated carbocycles. The van der Waals surface area contributed by atoms with Gasteiger partial charge in [0.05, 0.1) is 0 Å². The van der Waals surface area contributed by atoms with Gasteiger partial charge in [0.15, 0.2) is 0 Å². The highest BCUT2D eigenvalue weighted by molar-refractivity contribution is 5.85. The van der Waals surface area contributed by atoms with E-state index >= 15 is 0 Å². The van der Waals surface area contributed by atoms with Crippen molar-refractivity contribution < 1.29 is 9.53 Å². The number of nitrogens with two attached hydrogens (primary N) is 1. The third-order valence-corrected chi connectivity index (χ3v) is 2.94. The second kappa shape index (κ2) is 4.75. The number of para-hydroxylation sites is 1. The number of hydrogen-bond acceptors (Lipinski definition) is 3. The SMILES string of the molecule is CC(N)CN(C)C(=O)C1COc2ccccc21. The van der Waals surface area contributed by atoms with Gasteiger partial charge in [-0.25, -0.2) is 0 Å². The predicted molar refractivity (Wildman–Crippen MR) is 66.0 cm³/mol. The maximum Gasteiger partial charge on any atom is 0.233 e. The Bertz CT molecular complexity index is 418. The van der Waals surface area contributed by atoms with Crippen LogP contribution in [0.3, 0.4) is 0 Å². The number of benzene rings is 1. The van der Waals surface area contributed by atoms with Gasteiger partial charge in [0.2, 0.25) is 5.91 Å². The van der Waals surface area contributed by atoms with E-state index in [1.165, 1.54) is 0 Å². The third kappa shape index (κ3) is 2.42. The first-order chi connectivity index (χ1) is 8.09. The van der Waals surface area contributed by atoms with Gasteiger partial charge < -0.3 is 15.4 Å². The Hall–Kier alpha value is -1.55. The van der Waals surface area contributed by atoms with Crippen molar-refractivity contribution in [3.63, 3.8) is 0 Å². The molecule has 17 heavy (non-hydrogen) atoms. The van der Waals surface area contributed by atoms with Gasteiger partial charge in [-0.05, 0) is 13.0 Å². The largest absolute Gasteiger partial charge is 0.492 e. The number of fused-ring (bicyclic) bond motifs is 1. The minimum atomic E-state index is -0.185. The maximum atomic E-state index is 12.2. The molecule has 0 fully saturated rings. The van der Waals surface area contributed by atoms with Crippen LogP contribution in [0.4, 0.5) is 0 Å². The van der Waals surface area contributed by atoms with Crippen LogP contribution in [0.2, 0.25) is 0 Å². The predicted octanol–water partition coefficient (Wildman–Crippen LogP) is 0.968. The maximum absolute atomic E-state index is 12.2. The zero-order valence-corrected chi connectivity index (χ0v) is 10.2. The van der Waals surface area contributed by atoms with Crippen molar-refractivity contribution in [1.82, 2.24) is 4.90 Å². The summed E-state index contributed by atoms with van der Waals surface area (Å²) in [5.41, 5.74) is 6.68. The average Bonchev–Trinajstić information content (AvgIpc) is 2.70.